The first-order chi connectivity index (χ1) is 14.7. The SMILES string of the molecule is N#Cc1cc(S(=O)(=O)Nc2scnc2C(=O)O)ccc1NC(=O)CN=C(N)NC1CC1. The first-order valence-corrected chi connectivity index (χ1v) is 11.2. The minimum absolute atomic E-state index is 0.0967. The van der Waals surface area contributed by atoms with Gasteiger partial charge in [0.15, 0.2) is 11.7 Å². The van der Waals surface area contributed by atoms with Crippen LogP contribution in [-0.4, -0.2) is 48.9 Å². The molecular weight excluding hydrogens is 446 g/mol. The Hall–Kier alpha value is -3.70. The molecule has 1 aliphatic carbocycles. The molecule has 12 nitrogen and oxygen atoms in total. The van der Waals surface area contributed by atoms with Crippen molar-refractivity contribution in [2.45, 2.75) is 23.8 Å². The topological polar surface area (TPSA) is 200 Å². The molecule has 1 heterocycles. The Bertz CT molecular complexity index is 1200. The van der Waals surface area contributed by atoms with Gasteiger partial charge in [-0.3, -0.25) is 9.52 Å². The standard InChI is InChI=1S/C17H17N7O5S2/c18-6-9-5-11(31(28,29)24-15-14(16(26)27)21-8-30-15)3-4-12(9)23-13(25)7-20-17(19)22-10-1-2-10/h3-5,8,10,24H,1-2,7H2,(H,23,25)(H,26,27)(H3,19,20,22). The third-order valence-electron chi connectivity index (χ3n) is 4.02. The van der Waals surface area contributed by atoms with Crippen molar-refractivity contribution in [3.63, 3.8) is 0 Å². The maximum absolute atomic E-state index is 12.6. The van der Waals surface area contributed by atoms with Gasteiger partial charge in [0.1, 0.15) is 17.6 Å². The zero-order valence-corrected chi connectivity index (χ0v) is 17.5. The lowest BCUT2D eigenvalue weighted by Crippen LogP contribution is -2.34. The van der Waals surface area contributed by atoms with Crippen molar-refractivity contribution in [3.05, 3.63) is 35.0 Å². The van der Waals surface area contributed by atoms with Gasteiger partial charge in [-0.2, -0.15) is 5.26 Å². The summed E-state index contributed by atoms with van der Waals surface area (Å²) in [5, 5.41) is 23.7. The average Bonchev–Trinajstić information content (AvgIpc) is 3.41. The molecule has 3 rings (SSSR count). The van der Waals surface area contributed by atoms with E-state index >= 15 is 0 Å². The molecule has 0 atom stereocenters. The van der Waals surface area contributed by atoms with Gasteiger partial charge in [-0.05, 0) is 31.0 Å². The number of nitrogens with one attached hydrogen (secondary N) is 3. The number of sulfonamides is 1. The van der Waals surface area contributed by atoms with E-state index in [1.807, 2.05) is 6.07 Å². The molecule has 1 aromatic heterocycles. The molecule has 162 valence electrons. The fourth-order valence-corrected chi connectivity index (χ4v) is 4.39. The van der Waals surface area contributed by atoms with E-state index in [9.17, 15) is 23.3 Å². The van der Waals surface area contributed by atoms with Crippen molar-refractivity contribution >= 4 is 49.9 Å². The highest BCUT2D eigenvalue weighted by atomic mass is 32.2. The van der Waals surface area contributed by atoms with E-state index in [1.54, 1.807) is 0 Å². The fourth-order valence-electron chi connectivity index (χ4n) is 2.37. The zero-order chi connectivity index (χ0) is 22.6. The highest BCUT2D eigenvalue weighted by Gasteiger charge is 2.23. The number of carboxylic acid groups (broad SMARTS) is 1. The maximum atomic E-state index is 12.6. The molecule has 0 saturated heterocycles. The molecule has 14 heteroatoms. The lowest BCUT2D eigenvalue weighted by Gasteiger charge is -2.10. The van der Waals surface area contributed by atoms with Crippen LogP contribution in [-0.2, 0) is 14.8 Å². The van der Waals surface area contributed by atoms with Gasteiger partial charge >= 0.3 is 5.97 Å². The molecule has 6 N–H and O–H groups in total. The first kappa shape index (κ1) is 22.0. The summed E-state index contributed by atoms with van der Waals surface area (Å²) in [4.78, 5) is 30.4. The minimum atomic E-state index is -4.20. The Morgan fingerprint density at radius 2 is 2.13 bits per heavy atom. The lowest BCUT2D eigenvalue weighted by molar-refractivity contribution is -0.114. The van der Waals surface area contributed by atoms with Crippen molar-refractivity contribution in [3.8, 4) is 6.07 Å². The van der Waals surface area contributed by atoms with E-state index in [4.69, 9.17) is 10.8 Å². The normalized spacial score (nSPS) is 13.8. The van der Waals surface area contributed by atoms with Crippen LogP contribution in [0.15, 0.2) is 33.6 Å². The number of hydrogen-bond donors (Lipinski definition) is 5. The number of anilines is 2. The van der Waals surface area contributed by atoms with Crippen LogP contribution in [0.5, 0.6) is 0 Å². The molecule has 0 aliphatic heterocycles. The first-order valence-electron chi connectivity index (χ1n) is 8.79. The summed E-state index contributed by atoms with van der Waals surface area (Å²) < 4.78 is 27.3. The summed E-state index contributed by atoms with van der Waals surface area (Å²) in [5.41, 5.74) is 6.40. The average molecular weight is 464 g/mol. The molecule has 0 radical (unpaired) electrons. The summed E-state index contributed by atoms with van der Waals surface area (Å²) in [6.07, 6.45) is 2.00. The fraction of sp³-hybridized carbons (Fsp3) is 0.235. The highest BCUT2D eigenvalue weighted by Crippen LogP contribution is 2.26. The third-order valence-corrected chi connectivity index (χ3v) is 6.23. The molecule has 1 aromatic carbocycles. The molecule has 31 heavy (non-hydrogen) atoms. The number of hydrogen-bond acceptors (Lipinski definition) is 8. The zero-order valence-electron chi connectivity index (χ0n) is 15.8. The van der Waals surface area contributed by atoms with Crippen LogP contribution < -0.4 is 21.1 Å². The molecule has 1 fully saturated rings. The van der Waals surface area contributed by atoms with E-state index in [0.717, 1.165) is 30.2 Å². The van der Waals surface area contributed by atoms with Crippen molar-refractivity contribution in [2.75, 3.05) is 16.6 Å². The Balaban J connectivity index is 1.72. The number of carboxylic acids is 1. The number of aromatic carboxylic acids is 1. The second-order valence-electron chi connectivity index (χ2n) is 6.43. The summed E-state index contributed by atoms with van der Waals surface area (Å²) in [5.74, 6) is -1.78. The molecule has 1 amide bonds. The van der Waals surface area contributed by atoms with E-state index in [0.29, 0.717) is 0 Å². The van der Waals surface area contributed by atoms with Gasteiger partial charge in [0.25, 0.3) is 10.0 Å². The summed E-state index contributed by atoms with van der Waals surface area (Å²) in [7, 11) is -4.20. The van der Waals surface area contributed by atoms with E-state index < -0.39 is 27.6 Å². The number of guanidine groups is 1. The molecule has 1 aliphatic rings. The highest BCUT2D eigenvalue weighted by molar-refractivity contribution is 7.93. The number of benzene rings is 1. The van der Waals surface area contributed by atoms with Gasteiger partial charge in [-0.1, -0.05) is 0 Å². The Kier molecular flexibility index (Phi) is 6.37. The van der Waals surface area contributed by atoms with Crippen molar-refractivity contribution < 1.29 is 23.1 Å². The summed E-state index contributed by atoms with van der Waals surface area (Å²) >= 11 is 0.804. The largest absolute Gasteiger partial charge is 0.476 e. The number of carbonyl (C=O) groups excluding carboxylic acids is 1. The number of aliphatic imine (C=N–C) groups is 1. The number of carbonyl (C=O) groups is 2. The smallest absolute Gasteiger partial charge is 0.357 e. The molecule has 0 bridgehead atoms. The summed E-state index contributed by atoms with van der Waals surface area (Å²) in [6, 6.07) is 5.60. The third kappa shape index (κ3) is 5.68. The van der Waals surface area contributed by atoms with Crippen molar-refractivity contribution in [2.24, 2.45) is 10.7 Å². The monoisotopic (exact) mass is 463 g/mol. The van der Waals surface area contributed by atoms with Crippen LogP contribution in [0.4, 0.5) is 10.7 Å². The molecule has 0 unspecified atom stereocenters. The Morgan fingerprint density at radius 1 is 1.39 bits per heavy atom. The maximum Gasteiger partial charge on any atom is 0.357 e. The molecule has 2 aromatic rings. The Labute approximate surface area is 180 Å². The predicted octanol–water partition coefficient (Wildman–Crippen LogP) is 0.519. The van der Waals surface area contributed by atoms with Gasteiger partial charge in [-0.25, -0.2) is 23.2 Å². The molecule has 1 saturated carbocycles. The number of nitrogens with two attached hydrogens (primary N) is 1. The number of nitriles is 1. The van der Waals surface area contributed by atoms with Crippen molar-refractivity contribution in [1.82, 2.24) is 10.3 Å². The Morgan fingerprint density at radius 3 is 2.77 bits per heavy atom. The minimum Gasteiger partial charge on any atom is -0.476 e. The number of aromatic nitrogens is 1. The quantitative estimate of drug-likeness (QED) is 0.273. The van der Waals surface area contributed by atoms with Gasteiger partial charge < -0.3 is 21.5 Å². The van der Waals surface area contributed by atoms with Gasteiger partial charge in [0.05, 0.1) is 21.7 Å². The van der Waals surface area contributed by atoms with Crippen molar-refractivity contribution in [1.29, 1.82) is 5.26 Å². The second-order valence-corrected chi connectivity index (χ2v) is 8.97. The van der Waals surface area contributed by atoms with Gasteiger partial charge in [0, 0.05) is 6.04 Å². The number of thiazole rings is 1. The van der Waals surface area contributed by atoms with Crippen LogP contribution in [0.1, 0.15) is 28.9 Å². The van der Waals surface area contributed by atoms with Crippen LogP contribution >= 0.6 is 11.3 Å². The van der Waals surface area contributed by atoms with E-state index in [-0.39, 0.29) is 39.7 Å². The van der Waals surface area contributed by atoms with Crippen LogP contribution in [0.3, 0.4) is 0 Å². The van der Waals surface area contributed by atoms with Crippen LogP contribution in [0.25, 0.3) is 0 Å². The predicted molar refractivity (Wildman–Crippen MR) is 112 cm³/mol. The molecular formula is C17H17N7O5S2. The lowest BCUT2D eigenvalue weighted by atomic mass is 10.2. The second kappa shape index (κ2) is 8.98. The van der Waals surface area contributed by atoms with Gasteiger partial charge in [0.2, 0.25) is 5.91 Å². The number of nitrogens with zero attached hydrogens (tertiary/aromatic N) is 3. The van der Waals surface area contributed by atoms with E-state index in [1.165, 1.54) is 17.6 Å². The van der Waals surface area contributed by atoms with Crippen LogP contribution in [0, 0.1) is 11.3 Å². The summed E-state index contributed by atoms with van der Waals surface area (Å²) in [6.45, 7) is -0.276. The van der Waals surface area contributed by atoms with Crippen LogP contribution in [0.2, 0.25) is 0 Å². The van der Waals surface area contributed by atoms with E-state index in [2.05, 4.69) is 25.3 Å². The number of rotatable bonds is 8. The van der Waals surface area contributed by atoms with Gasteiger partial charge in [-0.15, -0.1) is 11.3 Å². The molecule has 0 spiro atoms. The number of amides is 1.